The van der Waals surface area contributed by atoms with E-state index < -0.39 is 0 Å². The summed E-state index contributed by atoms with van der Waals surface area (Å²) in [5, 5.41) is 9.54. The highest BCUT2D eigenvalue weighted by Gasteiger charge is 2.08. The van der Waals surface area contributed by atoms with Crippen molar-refractivity contribution in [3.8, 4) is 0 Å². The SMILES string of the molecule is CNO.c1cc2c(s1)CCCC2. The fraction of sp³-hybridized carbons (Fsp3) is 0.556. The third-order valence-corrected chi connectivity index (χ3v) is 2.96. The van der Waals surface area contributed by atoms with Gasteiger partial charge in [-0.15, -0.1) is 11.3 Å². The summed E-state index contributed by atoms with van der Waals surface area (Å²) in [5.74, 6) is 0. The normalized spacial score (nSPS) is 14.5. The fourth-order valence-corrected chi connectivity index (χ4v) is 2.39. The maximum absolute atomic E-state index is 7.32. The molecular weight excluding hydrogens is 170 g/mol. The lowest BCUT2D eigenvalue weighted by atomic mass is 10.00. The molecule has 0 aromatic carbocycles. The van der Waals surface area contributed by atoms with E-state index >= 15 is 0 Å². The molecule has 3 heteroatoms. The van der Waals surface area contributed by atoms with Gasteiger partial charge in [0.05, 0.1) is 0 Å². The minimum atomic E-state index is 1.33. The molecule has 0 atom stereocenters. The number of thiophene rings is 1. The van der Waals surface area contributed by atoms with E-state index in [0.717, 1.165) is 0 Å². The van der Waals surface area contributed by atoms with Gasteiger partial charge in [0.25, 0.3) is 0 Å². The Hall–Kier alpha value is -0.380. The van der Waals surface area contributed by atoms with E-state index in [0.29, 0.717) is 0 Å². The van der Waals surface area contributed by atoms with Crippen molar-refractivity contribution in [1.29, 1.82) is 0 Å². The predicted molar refractivity (Wildman–Crippen MR) is 51.8 cm³/mol. The molecule has 0 amide bonds. The van der Waals surface area contributed by atoms with Crippen LogP contribution in [0.5, 0.6) is 0 Å². The Balaban J connectivity index is 0.000000213. The van der Waals surface area contributed by atoms with Crippen molar-refractivity contribution in [2.75, 3.05) is 7.05 Å². The van der Waals surface area contributed by atoms with Gasteiger partial charge < -0.3 is 5.21 Å². The Bertz CT molecular complexity index is 202. The van der Waals surface area contributed by atoms with Gasteiger partial charge in [0.2, 0.25) is 0 Å². The van der Waals surface area contributed by atoms with Crippen LogP contribution >= 0.6 is 11.3 Å². The number of hydroxylamine groups is 1. The van der Waals surface area contributed by atoms with Crippen molar-refractivity contribution in [3.63, 3.8) is 0 Å². The zero-order chi connectivity index (χ0) is 8.81. The Kier molecular flexibility index (Phi) is 4.29. The Labute approximate surface area is 77.2 Å². The molecule has 0 aliphatic heterocycles. The molecule has 0 spiro atoms. The number of fused-ring (bicyclic) bond motifs is 1. The second kappa shape index (κ2) is 5.30. The van der Waals surface area contributed by atoms with Crippen LogP contribution in [0.3, 0.4) is 0 Å². The van der Waals surface area contributed by atoms with Crippen LogP contribution in [0, 0.1) is 0 Å². The van der Waals surface area contributed by atoms with Gasteiger partial charge in [-0.3, -0.25) is 0 Å². The summed E-state index contributed by atoms with van der Waals surface area (Å²) in [6.45, 7) is 0. The predicted octanol–water partition coefficient (Wildman–Crippen LogP) is 2.22. The molecule has 0 saturated carbocycles. The Morgan fingerprint density at radius 2 is 2.08 bits per heavy atom. The monoisotopic (exact) mass is 185 g/mol. The van der Waals surface area contributed by atoms with E-state index in [9.17, 15) is 0 Å². The molecule has 0 saturated heterocycles. The molecule has 0 bridgehead atoms. The minimum absolute atomic E-state index is 1.33. The molecule has 2 nitrogen and oxygen atoms in total. The first-order valence-electron chi connectivity index (χ1n) is 4.24. The Morgan fingerprint density at radius 3 is 2.75 bits per heavy atom. The van der Waals surface area contributed by atoms with Gasteiger partial charge >= 0.3 is 0 Å². The molecule has 1 aromatic rings. The minimum Gasteiger partial charge on any atom is -0.317 e. The molecule has 0 unspecified atom stereocenters. The third-order valence-electron chi connectivity index (χ3n) is 1.94. The van der Waals surface area contributed by atoms with E-state index in [-0.39, 0.29) is 0 Å². The highest BCUT2D eigenvalue weighted by atomic mass is 32.1. The standard InChI is InChI=1S/C8H10S.CH5NO/c1-2-4-8-7(3-1)5-6-9-8;1-2-3/h5-6H,1-4H2;2-3H,1H3. The van der Waals surface area contributed by atoms with E-state index in [1.807, 2.05) is 11.3 Å². The van der Waals surface area contributed by atoms with Crippen molar-refractivity contribution < 1.29 is 5.21 Å². The summed E-state index contributed by atoms with van der Waals surface area (Å²) in [5.41, 5.74) is 3.37. The summed E-state index contributed by atoms with van der Waals surface area (Å²) in [6, 6.07) is 2.28. The van der Waals surface area contributed by atoms with Gasteiger partial charge in [0.1, 0.15) is 0 Å². The lowest BCUT2D eigenvalue weighted by molar-refractivity contribution is 0.194. The van der Waals surface area contributed by atoms with Gasteiger partial charge in [-0.1, -0.05) is 0 Å². The third kappa shape index (κ3) is 2.59. The quantitative estimate of drug-likeness (QED) is 0.607. The molecule has 1 heterocycles. The molecule has 68 valence electrons. The van der Waals surface area contributed by atoms with Crippen molar-refractivity contribution in [1.82, 2.24) is 5.48 Å². The summed E-state index contributed by atoms with van der Waals surface area (Å²) < 4.78 is 0. The number of hydrogen-bond acceptors (Lipinski definition) is 3. The van der Waals surface area contributed by atoms with Crippen LogP contribution in [0.4, 0.5) is 0 Å². The van der Waals surface area contributed by atoms with Crippen LogP contribution in [-0.4, -0.2) is 12.3 Å². The summed E-state index contributed by atoms with van der Waals surface area (Å²) in [7, 11) is 1.43. The number of nitrogens with one attached hydrogen (secondary N) is 1. The fourth-order valence-electron chi connectivity index (χ4n) is 1.41. The maximum Gasteiger partial charge on any atom is 0.00929 e. The molecule has 12 heavy (non-hydrogen) atoms. The highest BCUT2D eigenvalue weighted by molar-refractivity contribution is 7.10. The molecule has 1 aliphatic rings. The topological polar surface area (TPSA) is 32.3 Å². The zero-order valence-electron chi connectivity index (χ0n) is 7.34. The first-order chi connectivity index (χ1) is 5.88. The van der Waals surface area contributed by atoms with Crippen LogP contribution in [0.15, 0.2) is 11.4 Å². The molecule has 2 rings (SSSR count). The van der Waals surface area contributed by atoms with Crippen LogP contribution in [-0.2, 0) is 12.8 Å². The van der Waals surface area contributed by atoms with Gasteiger partial charge in [-0.05, 0) is 42.7 Å². The first-order valence-corrected chi connectivity index (χ1v) is 5.12. The average molecular weight is 185 g/mol. The maximum atomic E-state index is 7.32. The van der Waals surface area contributed by atoms with Gasteiger partial charge in [-0.25, -0.2) is 5.48 Å². The first kappa shape index (κ1) is 9.71. The average Bonchev–Trinajstić information content (AvgIpc) is 2.52. The van der Waals surface area contributed by atoms with Crippen LogP contribution in [0.2, 0.25) is 0 Å². The van der Waals surface area contributed by atoms with E-state index in [2.05, 4.69) is 11.4 Å². The van der Waals surface area contributed by atoms with Gasteiger partial charge in [0, 0.05) is 11.9 Å². The number of hydrogen-bond donors (Lipinski definition) is 2. The number of aryl methyl sites for hydroxylation is 2. The summed E-state index contributed by atoms with van der Waals surface area (Å²) in [4.78, 5) is 1.64. The van der Waals surface area contributed by atoms with Crippen molar-refractivity contribution in [3.05, 3.63) is 21.9 Å². The van der Waals surface area contributed by atoms with Crippen LogP contribution < -0.4 is 5.48 Å². The van der Waals surface area contributed by atoms with Gasteiger partial charge in [-0.2, -0.15) is 0 Å². The van der Waals surface area contributed by atoms with Crippen LogP contribution in [0.25, 0.3) is 0 Å². The van der Waals surface area contributed by atoms with Crippen molar-refractivity contribution in [2.45, 2.75) is 25.7 Å². The zero-order valence-corrected chi connectivity index (χ0v) is 8.16. The lowest BCUT2D eigenvalue weighted by Gasteiger charge is -2.08. The molecule has 0 radical (unpaired) electrons. The van der Waals surface area contributed by atoms with Crippen molar-refractivity contribution in [2.24, 2.45) is 0 Å². The Morgan fingerprint density at radius 1 is 1.42 bits per heavy atom. The van der Waals surface area contributed by atoms with E-state index in [4.69, 9.17) is 5.21 Å². The molecule has 2 N–H and O–H groups in total. The van der Waals surface area contributed by atoms with E-state index in [1.54, 1.807) is 15.9 Å². The summed E-state index contributed by atoms with van der Waals surface area (Å²) in [6.07, 6.45) is 5.49. The van der Waals surface area contributed by atoms with Crippen molar-refractivity contribution >= 4 is 11.3 Å². The van der Waals surface area contributed by atoms with E-state index in [1.165, 1.54) is 32.7 Å². The lowest BCUT2D eigenvalue weighted by Crippen LogP contribution is -1.96. The molecule has 1 aliphatic carbocycles. The largest absolute Gasteiger partial charge is 0.317 e. The van der Waals surface area contributed by atoms with Crippen LogP contribution in [0.1, 0.15) is 23.3 Å². The second-order valence-corrected chi connectivity index (χ2v) is 3.80. The smallest absolute Gasteiger partial charge is 0.00929 e. The molecule has 1 aromatic heterocycles. The second-order valence-electron chi connectivity index (χ2n) is 2.80. The van der Waals surface area contributed by atoms with Gasteiger partial charge in [0.15, 0.2) is 0 Å². The number of rotatable bonds is 0. The highest BCUT2D eigenvalue weighted by Crippen LogP contribution is 2.25. The summed E-state index contributed by atoms with van der Waals surface area (Å²) >= 11 is 1.93. The molecular formula is C9H15NOS. The molecule has 0 fully saturated rings.